The van der Waals surface area contributed by atoms with Gasteiger partial charge in [0.15, 0.2) is 13.2 Å². The van der Waals surface area contributed by atoms with Crippen LogP contribution in [-0.2, 0) is 20.7 Å². The van der Waals surface area contributed by atoms with Crippen molar-refractivity contribution in [3.05, 3.63) is 59.7 Å². The third kappa shape index (κ3) is 6.84. The SMILES string of the molecule is COc1ccc(CCNC(=O)COC(=O)COc2cccc(C)c2)cc1. The number of hydrogen-bond donors (Lipinski definition) is 1. The zero-order valence-corrected chi connectivity index (χ0v) is 15.0. The largest absolute Gasteiger partial charge is 0.497 e. The van der Waals surface area contributed by atoms with E-state index in [1.54, 1.807) is 13.2 Å². The maximum atomic E-state index is 11.7. The molecule has 0 aliphatic heterocycles. The molecule has 0 saturated heterocycles. The number of carbonyl (C=O) groups is 2. The predicted octanol–water partition coefficient (Wildman–Crippen LogP) is 2.28. The normalized spacial score (nSPS) is 10.1. The molecule has 0 unspecified atom stereocenters. The highest BCUT2D eigenvalue weighted by molar-refractivity contribution is 5.80. The fourth-order valence-corrected chi connectivity index (χ4v) is 2.22. The Morgan fingerprint density at radius 3 is 2.46 bits per heavy atom. The van der Waals surface area contributed by atoms with Crippen molar-refractivity contribution in [3.63, 3.8) is 0 Å². The molecule has 0 radical (unpaired) electrons. The van der Waals surface area contributed by atoms with E-state index in [2.05, 4.69) is 5.32 Å². The summed E-state index contributed by atoms with van der Waals surface area (Å²) in [6, 6.07) is 15.0. The maximum absolute atomic E-state index is 11.7. The Kier molecular flexibility index (Phi) is 7.49. The van der Waals surface area contributed by atoms with Crippen LogP contribution in [0.2, 0.25) is 0 Å². The molecule has 6 nitrogen and oxygen atoms in total. The lowest BCUT2D eigenvalue weighted by Gasteiger charge is -2.08. The van der Waals surface area contributed by atoms with E-state index in [1.807, 2.05) is 49.4 Å². The van der Waals surface area contributed by atoms with Crippen LogP contribution >= 0.6 is 0 Å². The molecular formula is C20H23NO5. The van der Waals surface area contributed by atoms with Gasteiger partial charge in [0.2, 0.25) is 0 Å². The van der Waals surface area contributed by atoms with Gasteiger partial charge >= 0.3 is 5.97 Å². The van der Waals surface area contributed by atoms with Gasteiger partial charge in [0.05, 0.1) is 7.11 Å². The number of ether oxygens (including phenoxy) is 3. The number of esters is 1. The number of amides is 1. The monoisotopic (exact) mass is 357 g/mol. The summed E-state index contributed by atoms with van der Waals surface area (Å²) in [6.45, 7) is 1.84. The van der Waals surface area contributed by atoms with Gasteiger partial charge in [0.1, 0.15) is 11.5 Å². The quantitative estimate of drug-likeness (QED) is 0.697. The highest BCUT2D eigenvalue weighted by Gasteiger charge is 2.08. The second kappa shape index (κ2) is 10.1. The lowest BCUT2D eigenvalue weighted by Crippen LogP contribution is -2.31. The zero-order valence-electron chi connectivity index (χ0n) is 15.0. The Bertz CT molecular complexity index is 727. The van der Waals surface area contributed by atoms with Crippen LogP contribution in [0.15, 0.2) is 48.5 Å². The summed E-state index contributed by atoms with van der Waals surface area (Å²) in [5.74, 6) is 0.447. The summed E-state index contributed by atoms with van der Waals surface area (Å²) in [6.07, 6.45) is 0.681. The number of methoxy groups -OCH3 is 1. The molecule has 1 amide bonds. The molecule has 6 heteroatoms. The second-order valence-corrected chi connectivity index (χ2v) is 5.71. The van der Waals surface area contributed by atoms with Crippen molar-refractivity contribution in [3.8, 4) is 11.5 Å². The van der Waals surface area contributed by atoms with Crippen LogP contribution in [0.25, 0.3) is 0 Å². The first kappa shape index (κ1) is 19.3. The lowest BCUT2D eigenvalue weighted by molar-refractivity contribution is -0.150. The van der Waals surface area contributed by atoms with Crippen molar-refractivity contribution < 1.29 is 23.8 Å². The molecule has 0 fully saturated rings. The molecule has 0 aliphatic carbocycles. The minimum absolute atomic E-state index is 0.234. The van der Waals surface area contributed by atoms with Crippen molar-refractivity contribution in [1.82, 2.24) is 5.32 Å². The van der Waals surface area contributed by atoms with Crippen molar-refractivity contribution in [2.24, 2.45) is 0 Å². The fourth-order valence-electron chi connectivity index (χ4n) is 2.22. The van der Waals surface area contributed by atoms with Gasteiger partial charge in [-0.15, -0.1) is 0 Å². The topological polar surface area (TPSA) is 73.9 Å². The minimum Gasteiger partial charge on any atom is -0.497 e. The van der Waals surface area contributed by atoms with Gasteiger partial charge in [-0.3, -0.25) is 4.79 Å². The van der Waals surface area contributed by atoms with Gasteiger partial charge in [0, 0.05) is 6.54 Å². The van der Waals surface area contributed by atoms with E-state index in [-0.39, 0.29) is 19.1 Å². The Hall–Kier alpha value is -3.02. The number of hydrogen-bond acceptors (Lipinski definition) is 5. The predicted molar refractivity (Wildman–Crippen MR) is 97.3 cm³/mol. The Labute approximate surface area is 153 Å². The van der Waals surface area contributed by atoms with Crippen LogP contribution in [0.5, 0.6) is 11.5 Å². The van der Waals surface area contributed by atoms with Crippen LogP contribution in [0, 0.1) is 6.92 Å². The van der Waals surface area contributed by atoms with Gasteiger partial charge in [-0.1, -0.05) is 24.3 Å². The lowest BCUT2D eigenvalue weighted by atomic mass is 10.1. The molecule has 2 aromatic rings. The van der Waals surface area contributed by atoms with E-state index in [0.29, 0.717) is 18.7 Å². The molecule has 0 spiro atoms. The van der Waals surface area contributed by atoms with Gasteiger partial charge in [-0.2, -0.15) is 0 Å². The summed E-state index contributed by atoms with van der Waals surface area (Å²) in [4.78, 5) is 23.3. The first-order chi connectivity index (χ1) is 12.6. The van der Waals surface area contributed by atoms with Crippen molar-refractivity contribution in [1.29, 1.82) is 0 Å². The molecule has 26 heavy (non-hydrogen) atoms. The number of rotatable bonds is 9. The summed E-state index contributed by atoms with van der Waals surface area (Å²) >= 11 is 0. The summed E-state index contributed by atoms with van der Waals surface area (Å²) < 4.78 is 15.3. The standard InChI is InChI=1S/C20H23NO5/c1-15-4-3-5-18(12-15)25-14-20(23)26-13-19(22)21-11-10-16-6-8-17(24-2)9-7-16/h3-9,12H,10-11,13-14H2,1-2H3,(H,21,22). The zero-order chi connectivity index (χ0) is 18.8. The summed E-state index contributed by atoms with van der Waals surface area (Å²) in [7, 11) is 1.61. The number of nitrogens with one attached hydrogen (secondary N) is 1. The third-order valence-electron chi connectivity index (χ3n) is 3.61. The number of carbonyl (C=O) groups excluding carboxylic acids is 2. The molecule has 0 aliphatic rings. The highest BCUT2D eigenvalue weighted by atomic mass is 16.6. The summed E-state index contributed by atoms with van der Waals surface area (Å²) in [5.41, 5.74) is 2.11. The Morgan fingerprint density at radius 1 is 1.00 bits per heavy atom. The van der Waals surface area contributed by atoms with Crippen LogP contribution in [0.1, 0.15) is 11.1 Å². The molecular weight excluding hydrogens is 334 g/mol. The molecule has 0 heterocycles. The second-order valence-electron chi connectivity index (χ2n) is 5.71. The van der Waals surface area contributed by atoms with Crippen LogP contribution in [-0.4, -0.2) is 38.7 Å². The van der Waals surface area contributed by atoms with Crippen molar-refractivity contribution in [2.75, 3.05) is 26.9 Å². The van der Waals surface area contributed by atoms with E-state index in [4.69, 9.17) is 14.2 Å². The van der Waals surface area contributed by atoms with Gasteiger partial charge < -0.3 is 19.5 Å². The minimum atomic E-state index is -0.586. The van der Waals surface area contributed by atoms with Gasteiger partial charge in [0.25, 0.3) is 5.91 Å². The van der Waals surface area contributed by atoms with Crippen molar-refractivity contribution in [2.45, 2.75) is 13.3 Å². The van der Waals surface area contributed by atoms with Crippen LogP contribution in [0.4, 0.5) is 0 Å². The van der Waals surface area contributed by atoms with E-state index in [1.165, 1.54) is 0 Å². The highest BCUT2D eigenvalue weighted by Crippen LogP contribution is 2.12. The van der Waals surface area contributed by atoms with Gasteiger partial charge in [-0.05, 0) is 48.7 Å². The first-order valence-corrected chi connectivity index (χ1v) is 8.31. The van der Waals surface area contributed by atoms with Crippen LogP contribution < -0.4 is 14.8 Å². The average Bonchev–Trinajstić information content (AvgIpc) is 2.65. The van der Waals surface area contributed by atoms with Crippen LogP contribution in [0.3, 0.4) is 0 Å². The average molecular weight is 357 g/mol. The molecule has 2 aromatic carbocycles. The third-order valence-corrected chi connectivity index (χ3v) is 3.61. The fraction of sp³-hybridized carbons (Fsp3) is 0.300. The Morgan fingerprint density at radius 2 is 1.77 bits per heavy atom. The van der Waals surface area contributed by atoms with E-state index in [9.17, 15) is 9.59 Å². The first-order valence-electron chi connectivity index (χ1n) is 8.31. The van der Waals surface area contributed by atoms with E-state index < -0.39 is 5.97 Å². The Balaban J connectivity index is 1.60. The molecule has 138 valence electrons. The molecule has 0 atom stereocenters. The van der Waals surface area contributed by atoms with E-state index >= 15 is 0 Å². The van der Waals surface area contributed by atoms with Crippen molar-refractivity contribution >= 4 is 11.9 Å². The molecule has 0 aromatic heterocycles. The number of benzene rings is 2. The van der Waals surface area contributed by atoms with Gasteiger partial charge in [-0.25, -0.2) is 4.79 Å². The molecule has 0 saturated carbocycles. The molecule has 0 bridgehead atoms. The van der Waals surface area contributed by atoms with E-state index in [0.717, 1.165) is 16.9 Å². The summed E-state index contributed by atoms with van der Waals surface area (Å²) in [5, 5.41) is 2.71. The molecule has 2 rings (SSSR count). The molecule has 1 N–H and O–H groups in total. The smallest absolute Gasteiger partial charge is 0.344 e. The number of aryl methyl sites for hydroxylation is 1. The maximum Gasteiger partial charge on any atom is 0.344 e.